The summed E-state index contributed by atoms with van der Waals surface area (Å²) in [6, 6.07) is 1.30. The smallest absolute Gasteiger partial charge is 0.339 e. The Labute approximate surface area is 141 Å². The third-order valence-corrected chi connectivity index (χ3v) is 4.27. The van der Waals surface area contributed by atoms with Crippen LogP contribution in [-0.2, 0) is 11.2 Å². The van der Waals surface area contributed by atoms with Crippen molar-refractivity contribution in [2.75, 3.05) is 19.6 Å². The van der Waals surface area contributed by atoms with E-state index in [0.29, 0.717) is 44.7 Å². The number of piperidine rings is 1. The van der Waals surface area contributed by atoms with E-state index in [9.17, 15) is 14.4 Å². The summed E-state index contributed by atoms with van der Waals surface area (Å²) in [5.41, 5.74) is 0.0367. The molecule has 0 spiro atoms. The number of carbonyl (C=O) groups excluding carboxylic acids is 2. The molecule has 2 amide bonds. The number of nitrogens with one attached hydrogen (secondary N) is 1. The van der Waals surface area contributed by atoms with Crippen molar-refractivity contribution in [2.24, 2.45) is 5.92 Å². The van der Waals surface area contributed by atoms with E-state index in [1.807, 2.05) is 6.92 Å². The third kappa shape index (κ3) is 3.96. The normalized spacial score (nSPS) is 15.3. The third-order valence-electron chi connectivity index (χ3n) is 4.27. The highest BCUT2D eigenvalue weighted by molar-refractivity contribution is 5.96. The number of hydrogen-bond donors (Lipinski definition) is 2. The molecule has 1 aliphatic rings. The van der Waals surface area contributed by atoms with Crippen LogP contribution in [0.2, 0.25) is 0 Å². The van der Waals surface area contributed by atoms with Gasteiger partial charge in [0, 0.05) is 38.0 Å². The summed E-state index contributed by atoms with van der Waals surface area (Å²) >= 11 is 0. The molecule has 0 aliphatic carbocycles. The van der Waals surface area contributed by atoms with Crippen LogP contribution in [0, 0.1) is 5.92 Å². The van der Waals surface area contributed by atoms with Crippen LogP contribution in [-0.4, -0.2) is 47.4 Å². The fraction of sp³-hybridized carbons (Fsp3) is 0.588. The molecule has 0 atom stereocenters. The summed E-state index contributed by atoms with van der Waals surface area (Å²) in [6.07, 6.45) is 2.52. The van der Waals surface area contributed by atoms with Gasteiger partial charge in [-0.05, 0) is 19.3 Å². The van der Waals surface area contributed by atoms with Crippen molar-refractivity contribution in [3.05, 3.63) is 23.2 Å². The first kappa shape index (κ1) is 18.0. The molecule has 1 saturated heterocycles. The lowest BCUT2D eigenvalue weighted by molar-refractivity contribution is -0.126. The summed E-state index contributed by atoms with van der Waals surface area (Å²) in [7, 11) is 0. The van der Waals surface area contributed by atoms with Crippen LogP contribution in [0.15, 0.2) is 10.5 Å². The first-order valence-electron chi connectivity index (χ1n) is 8.40. The standard InChI is InChI=1S/C17H24N2O5/c1-3-7-18-15(20)11-5-8-19(9-6-11)16(21)14-10-12(17(22)23)13(4-2)24-14/h10-11H,3-9H2,1-2H3,(H,18,20)(H,22,23). The van der Waals surface area contributed by atoms with Gasteiger partial charge in [0.1, 0.15) is 11.3 Å². The molecule has 0 bridgehead atoms. The highest BCUT2D eigenvalue weighted by atomic mass is 16.4. The number of amides is 2. The SMILES string of the molecule is CCCNC(=O)C1CCN(C(=O)c2cc(C(=O)O)c(CC)o2)CC1. The zero-order chi connectivity index (χ0) is 17.7. The highest BCUT2D eigenvalue weighted by Gasteiger charge is 2.30. The number of likely N-dealkylation sites (tertiary alicyclic amines) is 1. The number of carboxylic acids is 1. The minimum absolute atomic E-state index is 0.0367. The van der Waals surface area contributed by atoms with E-state index >= 15 is 0 Å². The van der Waals surface area contributed by atoms with Crippen LogP contribution < -0.4 is 5.32 Å². The topological polar surface area (TPSA) is 99.9 Å². The average molecular weight is 336 g/mol. The Balaban J connectivity index is 1.98. The molecule has 24 heavy (non-hydrogen) atoms. The Morgan fingerprint density at radius 2 is 1.96 bits per heavy atom. The molecule has 1 aliphatic heterocycles. The van der Waals surface area contributed by atoms with E-state index in [4.69, 9.17) is 9.52 Å². The van der Waals surface area contributed by atoms with Gasteiger partial charge in [0.25, 0.3) is 5.91 Å². The monoisotopic (exact) mass is 336 g/mol. The molecule has 1 aromatic heterocycles. The fourth-order valence-electron chi connectivity index (χ4n) is 2.87. The number of carbonyl (C=O) groups is 3. The predicted molar refractivity (Wildman–Crippen MR) is 87.0 cm³/mol. The summed E-state index contributed by atoms with van der Waals surface area (Å²) in [4.78, 5) is 37.2. The van der Waals surface area contributed by atoms with Crippen LogP contribution in [0.25, 0.3) is 0 Å². The lowest BCUT2D eigenvalue weighted by atomic mass is 9.95. The minimum Gasteiger partial charge on any atom is -0.478 e. The maximum absolute atomic E-state index is 12.5. The van der Waals surface area contributed by atoms with Gasteiger partial charge in [0.2, 0.25) is 5.91 Å². The molecule has 2 N–H and O–H groups in total. The Morgan fingerprint density at radius 3 is 2.46 bits per heavy atom. The molecule has 2 rings (SSSR count). The summed E-state index contributed by atoms with van der Waals surface area (Å²) in [5, 5.41) is 12.0. The number of carboxylic acid groups (broad SMARTS) is 1. The number of aromatic carboxylic acids is 1. The second kappa shape index (κ2) is 7.99. The molecule has 2 heterocycles. The van der Waals surface area contributed by atoms with E-state index < -0.39 is 5.97 Å². The Kier molecular flexibility index (Phi) is 6.00. The summed E-state index contributed by atoms with van der Waals surface area (Å²) in [5.74, 6) is -1.08. The summed E-state index contributed by atoms with van der Waals surface area (Å²) in [6.45, 7) is 5.38. The van der Waals surface area contributed by atoms with E-state index in [0.717, 1.165) is 6.42 Å². The molecular weight excluding hydrogens is 312 g/mol. The Bertz CT molecular complexity index is 614. The summed E-state index contributed by atoms with van der Waals surface area (Å²) < 4.78 is 5.42. The molecular formula is C17H24N2O5. The Morgan fingerprint density at radius 1 is 1.29 bits per heavy atom. The number of hydrogen-bond acceptors (Lipinski definition) is 4. The second-order valence-electron chi connectivity index (χ2n) is 5.96. The van der Waals surface area contributed by atoms with E-state index in [2.05, 4.69) is 5.32 Å². The molecule has 0 radical (unpaired) electrons. The van der Waals surface area contributed by atoms with Gasteiger partial charge in [-0.25, -0.2) is 4.79 Å². The van der Waals surface area contributed by atoms with Crippen LogP contribution in [0.5, 0.6) is 0 Å². The molecule has 7 nitrogen and oxygen atoms in total. The predicted octanol–water partition coefficient (Wildman–Crippen LogP) is 1.92. The average Bonchev–Trinajstić information content (AvgIpc) is 3.03. The van der Waals surface area contributed by atoms with E-state index in [1.54, 1.807) is 11.8 Å². The largest absolute Gasteiger partial charge is 0.478 e. The van der Waals surface area contributed by atoms with Gasteiger partial charge in [-0.3, -0.25) is 9.59 Å². The molecule has 1 fully saturated rings. The number of aryl methyl sites for hydroxylation is 1. The van der Waals surface area contributed by atoms with Crippen molar-refractivity contribution >= 4 is 17.8 Å². The zero-order valence-corrected chi connectivity index (χ0v) is 14.1. The molecule has 0 aromatic carbocycles. The molecule has 0 saturated carbocycles. The number of furan rings is 1. The van der Waals surface area contributed by atoms with Crippen LogP contribution in [0.4, 0.5) is 0 Å². The quantitative estimate of drug-likeness (QED) is 0.827. The van der Waals surface area contributed by atoms with Crippen molar-refractivity contribution in [3.8, 4) is 0 Å². The molecule has 0 unspecified atom stereocenters. The van der Waals surface area contributed by atoms with E-state index in [-0.39, 0.29) is 29.1 Å². The van der Waals surface area contributed by atoms with Gasteiger partial charge in [0.15, 0.2) is 5.76 Å². The van der Waals surface area contributed by atoms with Gasteiger partial charge in [-0.1, -0.05) is 13.8 Å². The van der Waals surface area contributed by atoms with Gasteiger partial charge >= 0.3 is 5.97 Å². The van der Waals surface area contributed by atoms with Crippen LogP contribution >= 0.6 is 0 Å². The Hall–Kier alpha value is -2.31. The molecule has 7 heteroatoms. The number of rotatable bonds is 6. The van der Waals surface area contributed by atoms with E-state index in [1.165, 1.54) is 6.07 Å². The first-order chi connectivity index (χ1) is 11.5. The second-order valence-corrected chi connectivity index (χ2v) is 5.96. The van der Waals surface area contributed by atoms with Gasteiger partial charge in [-0.15, -0.1) is 0 Å². The van der Waals surface area contributed by atoms with Gasteiger partial charge in [-0.2, -0.15) is 0 Å². The van der Waals surface area contributed by atoms with Crippen molar-refractivity contribution in [1.29, 1.82) is 0 Å². The van der Waals surface area contributed by atoms with Crippen LogP contribution in [0.3, 0.4) is 0 Å². The maximum Gasteiger partial charge on any atom is 0.339 e. The van der Waals surface area contributed by atoms with Crippen molar-refractivity contribution < 1.29 is 23.9 Å². The minimum atomic E-state index is -1.10. The zero-order valence-electron chi connectivity index (χ0n) is 14.1. The maximum atomic E-state index is 12.5. The van der Waals surface area contributed by atoms with Crippen molar-refractivity contribution in [3.63, 3.8) is 0 Å². The first-order valence-corrected chi connectivity index (χ1v) is 8.40. The fourth-order valence-corrected chi connectivity index (χ4v) is 2.87. The lowest BCUT2D eigenvalue weighted by Gasteiger charge is -2.30. The van der Waals surface area contributed by atoms with Gasteiger partial charge in [0.05, 0.1) is 0 Å². The lowest BCUT2D eigenvalue weighted by Crippen LogP contribution is -2.43. The van der Waals surface area contributed by atoms with Crippen molar-refractivity contribution in [2.45, 2.75) is 39.5 Å². The van der Waals surface area contributed by atoms with Gasteiger partial charge < -0.3 is 19.7 Å². The molecule has 132 valence electrons. The van der Waals surface area contributed by atoms with Crippen molar-refractivity contribution in [1.82, 2.24) is 10.2 Å². The number of nitrogens with zero attached hydrogens (tertiary/aromatic N) is 1. The highest BCUT2D eigenvalue weighted by Crippen LogP contribution is 2.22. The molecule has 1 aromatic rings. The van der Waals surface area contributed by atoms with Crippen LogP contribution in [0.1, 0.15) is 59.8 Å².